The Balaban J connectivity index is 1.38. The molecule has 2 aromatic rings. The predicted octanol–water partition coefficient (Wildman–Crippen LogP) is 1.25. The maximum Gasteiger partial charge on any atom is 0.200 e. The quantitative estimate of drug-likeness (QED) is 0.315. The van der Waals surface area contributed by atoms with Gasteiger partial charge in [-0.1, -0.05) is 0 Å². The zero-order valence-corrected chi connectivity index (χ0v) is 20.0. The van der Waals surface area contributed by atoms with Crippen LogP contribution in [0.25, 0.3) is 0 Å². The molecular formula is C24H35FN3O7+. The number of aliphatic hydroxyl groups is 3. The fourth-order valence-electron chi connectivity index (χ4n) is 5.02. The van der Waals surface area contributed by atoms with E-state index in [9.17, 15) is 35.1 Å². The summed E-state index contributed by atoms with van der Waals surface area (Å²) in [5.74, 6) is -0.375. The first-order valence-electron chi connectivity index (χ1n) is 12.0. The molecule has 35 heavy (non-hydrogen) atoms. The van der Waals surface area contributed by atoms with E-state index in [1.54, 1.807) is 6.07 Å². The number of quaternary nitrogens is 1. The highest BCUT2D eigenvalue weighted by molar-refractivity contribution is 5.59. The molecule has 1 saturated heterocycles. The molecular weight excluding hydrogens is 461 g/mol. The summed E-state index contributed by atoms with van der Waals surface area (Å²) in [4.78, 5) is 1.99. The minimum atomic E-state index is -1.50. The lowest BCUT2D eigenvalue weighted by atomic mass is 9.88. The van der Waals surface area contributed by atoms with Gasteiger partial charge in [-0.2, -0.15) is 4.65 Å². The van der Waals surface area contributed by atoms with Crippen LogP contribution in [0.5, 0.6) is 17.5 Å². The Morgan fingerprint density at radius 1 is 1.11 bits per heavy atom. The van der Waals surface area contributed by atoms with E-state index >= 15 is 0 Å². The molecule has 2 heterocycles. The van der Waals surface area contributed by atoms with Gasteiger partial charge in [0.15, 0.2) is 11.8 Å². The SMILES string of the molecule is CC(C)Oc1ccc(F)cc1N1CC[N+](O)(CCCn2c(O)c3c(c2O)C(O)C(O)C(O)C3)CC1. The molecule has 0 saturated carbocycles. The second kappa shape index (κ2) is 9.82. The van der Waals surface area contributed by atoms with Crippen molar-refractivity contribution in [3.8, 4) is 17.5 Å². The summed E-state index contributed by atoms with van der Waals surface area (Å²) in [6.45, 7) is 6.10. The number of halogens is 1. The van der Waals surface area contributed by atoms with Gasteiger partial charge >= 0.3 is 0 Å². The molecule has 2 aliphatic rings. The van der Waals surface area contributed by atoms with Crippen LogP contribution in [0.1, 0.15) is 37.5 Å². The summed E-state index contributed by atoms with van der Waals surface area (Å²) in [7, 11) is 0. The van der Waals surface area contributed by atoms with Crippen molar-refractivity contribution in [3.05, 3.63) is 35.1 Å². The molecule has 0 amide bonds. The van der Waals surface area contributed by atoms with Crippen molar-refractivity contribution in [2.45, 2.75) is 57.6 Å². The number of piperazine rings is 1. The van der Waals surface area contributed by atoms with E-state index in [1.165, 1.54) is 16.7 Å². The van der Waals surface area contributed by atoms with Crippen molar-refractivity contribution in [3.63, 3.8) is 0 Å². The van der Waals surface area contributed by atoms with Gasteiger partial charge < -0.3 is 35.2 Å². The minimum absolute atomic E-state index is 0.0244. The van der Waals surface area contributed by atoms with Gasteiger partial charge in [-0.25, -0.2) is 9.60 Å². The number of hydrogen-bond donors (Lipinski definition) is 6. The van der Waals surface area contributed by atoms with Crippen molar-refractivity contribution in [2.24, 2.45) is 0 Å². The molecule has 1 aliphatic heterocycles. The lowest BCUT2D eigenvalue weighted by molar-refractivity contribution is -1.10. The number of aromatic hydroxyl groups is 2. The monoisotopic (exact) mass is 496 g/mol. The maximum absolute atomic E-state index is 13.9. The van der Waals surface area contributed by atoms with E-state index in [-0.39, 0.29) is 52.4 Å². The minimum Gasteiger partial charge on any atom is -0.494 e. The smallest absolute Gasteiger partial charge is 0.200 e. The molecule has 0 bridgehead atoms. The van der Waals surface area contributed by atoms with E-state index in [1.807, 2.05) is 18.7 Å². The number of hydroxylamine groups is 3. The van der Waals surface area contributed by atoms with Crippen LogP contribution in [0, 0.1) is 5.82 Å². The number of hydrogen-bond acceptors (Lipinski definition) is 8. The van der Waals surface area contributed by atoms with E-state index in [0.29, 0.717) is 50.6 Å². The molecule has 1 aromatic carbocycles. The number of rotatable bonds is 7. The van der Waals surface area contributed by atoms with Gasteiger partial charge in [-0.15, -0.1) is 0 Å². The lowest BCUT2D eigenvalue weighted by Crippen LogP contribution is -2.58. The summed E-state index contributed by atoms with van der Waals surface area (Å²) in [6.07, 6.45) is -3.93. The lowest BCUT2D eigenvalue weighted by Gasteiger charge is -2.40. The Hall–Kier alpha value is -2.57. The Labute approximate surface area is 203 Å². The molecule has 6 N–H and O–H groups in total. The number of fused-ring (bicyclic) bond motifs is 1. The van der Waals surface area contributed by atoms with Crippen LogP contribution in [0.4, 0.5) is 10.1 Å². The first-order chi connectivity index (χ1) is 16.5. The largest absolute Gasteiger partial charge is 0.494 e. The average molecular weight is 497 g/mol. The van der Waals surface area contributed by atoms with Crippen LogP contribution in [-0.2, 0) is 13.0 Å². The van der Waals surface area contributed by atoms with Crippen molar-refractivity contribution in [2.75, 3.05) is 37.6 Å². The van der Waals surface area contributed by atoms with Gasteiger partial charge in [0.1, 0.15) is 43.4 Å². The van der Waals surface area contributed by atoms with Gasteiger partial charge in [0.05, 0.1) is 36.5 Å². The molecule has 1 aromatic heterocycles. The molecule has 0 radical (unpaired) electrons. The molecule has 0 spiro atoms. The van der Waals surface area contributed by atoms with Crippen molar-refractivity contribution in [1.29, 1.82) is 0 Å². The Morgan fingerprint density at radius 3 is 2.46 bits per heavy atom. The first kappa shape index (κ1) is 25.5. The average Bonchev–Trinajstić information content (AvgIpc) is 3.03. The van der Waals surface area contributed by atoms with Crippen LogP contribution in [0.15, 0.2) is 18.2 Å². The summed E-state index contributed by atoms with van der Waals surface area (Å²) >= 11 is 0. The highest BCUT2D eigenvalue weighted by Crippen LogP contribution is 2.43. The maximum atomic E-state index is 13.9. The van der Waals surface area contributed by atoms with Gasteiger partial charge in [0.2, 0.25) is 0 Å². The summed E-state index contributed by atoms with van der Waals surface area (Å²) in [6, 6.07) is 4.42. The van der Waals surface area contributed by atoms with E-state index in [0.717, 1.165) is 0 Å². The van der Waals surface area contributed by atoms with Gasteiger partial charge in [0, 0.05) is 31.0 Å². The molecule has 194 valence electrons. The highest BCUT2D eigenvalue weighted by atomic mass is 19.1. The Kier molecular flexibility index (Phi) is 7.16. The third kappa shape index (κ3) is 5.05. The van der Waals surface area contributed by atoms with Crippen LogP contribution >= 0.6 is 0 Å². The fourth-order valence-corrected chi connectivity index (χ4v) is 5.02. The number of aliphatic hydroxyl groups excluding tert-OH is 3. The molecule has 1 aliphatic carbocycles. The van der Waals surface area contributed by atoms with E-state index in [4.69, 9.17) is 4.74 Å². The van der Waals surface area contributed by atoms with E-state index in [2.05, 4.69) is 0 Å². The van der Waals surface area contributed by atoms with Gasteiger partial charge in [-0.05, 0) is 26.0 Å². The fraction of sp³-hybridized carbons (Fsp3) is 0.583. The highest BCUT2D eigenvalue weighted by Gasteiger charge is 2.40. The first-order valence-corrected chi connectivity index (χ1v) is 12.0. The van der Waals surface area contributed by atoms with Crippen LogP contribution < -0.4 is 9.64 Å². The number of aromatic nitrogens is 1. The molecule has 4 rings (SSSR count). The third-order valence-corrected chi connectivity index (χ3v) is 6.93. The molecule has 1 fully saturated rings. The van der Waals surface area contributed by atoms with Crippen LogP contribution in [0.3, 0.4) is 0 Å². The summed E-state index contributed by atoms with van der Waals surface area (Å²) < 4.78 is 20.7. The standard InChI is InChI=1S/C24H34FN3O7/c1-14(2)35-19-5-4-15(25)12-17(19)26-7-10-28(34,11-8-26)9-3-6-27-23(32)16-13-18(29)21(30)22(31)20(16)24(27)33/h4-5,12,14,18,21-22,29-31,34H,3,6-11,13H2,1-2H3,(H-,32,33)/p+1. The number of ether oxygens (including phenoxy) is 1. The predicted molar refractivity (Wildman–Crippen MR) is 124 cm³/mol. The molecule has 11 heteroatoms. The Bertz CT molecular complexity index is 1050. The van der Waals surface area contributed by atoms with Crippen molar-refractivity contribution in [1.82, 2.24) is 4.57 Å². The molecule has 10 nitrogen and oxygen atoms in total. The van der Waals surface area contributed by atoms with Crippen molar-refractivity contribution >= 4 is 5.69 Å². The van der Waals surface area contributed by atoms with Crippen LogP contribution in [0.2, 0.25) is 0 Å². The third-order valence-electron chi connectivity index (χ3n) is 6.93. The normalized spacial score (nSPS) is 24.0. The zero-order valence-electron chi connectivity index (χ0n) is 20.0. The number of nitrogens with zero attached hydrogens (tertiary/aromatic N) is 3. The van der Waals surface area contributed by atoms with Gasteiger partial charge in [-0.3, -0.25) is 4.57 Å². The summed E-state index contributed by atoms with van der Waals surface area (Å²) in [5.41, 5.74) is 0.890. The van der Waals surface area contributed by atoms with E-state index < -0.39 is 18.3 Å². The number of anilines is 1. The zero-order chi connectivity index (χ0) is 25.5. The van der Waals surface area contributed by atoms with Crippen molar-refractivity contribution < 1.29 is 44.5 Å². The second-order valence-corrected chi connectivity index (χ2v) is 9.78. The van der Waals surface area contributed by atoms with Crippen LogP contribution in [-0.4, -0.2) is 91.0 Å². The Morgan fingerprint density at radius 2 is 1.80 bits per heavy atom. The molecule has 3 atom stereocenters. The second-order valence-electron chi connectivity index (χ2n) is 9.78. The summed E-state index contributed by atoms with van der Waals surface area (Å²) in [5, 5.41) is 62.2. The van der Waals surface area contributed by atoms with Gasteiger partial charge in [0.25, 0.3) is 0 Å². The topological polar surface area (TPSA) is 139 Å². The molecule has 3 unspecified atom stereocenters. The number of benzene rings is 1.